The van der Waals surface area contributed by atoms with Crippen LogP contribution < -0.4 is 0 Å². The summed E-state index contributed by atoms with van der Waals surface area (Å²) in [4.78, 5) is 0. The summed E-state index contributed by atoms with van der Waals surface area (Å²) in [5.74, 6) is 0. The second-order valence-corrected chi connectivity index (χ2v) is 6.49. The third-order valence-corrected chi connectivity index (χ3v) is 4.73. The van der Waals surface area contributed by atoms with Crippen molar-refractivity contribution in [1.82, 2.24) is 0 Å². The molecule has 0 amide bonds. The van der Waals surface area contributed by atoms with Gasteiger partial charge in [-0.15, -0.1) is 0 Å². The lowest BCUT2D eigenvalue weighted by molar-refractivity contribution is -0.137. The molecular formula is C24H21F3. The predicted octanol–water partition coefficient (Wildman–Crippen LogP) is 7.41. The van der Waals surface area contributed by atoms with Crippen LogP contribution in [0.2, 0.25) is 0 Å². The van der Waals surface area contributed by atoms with Crippen LogP contribution in [0.5, 0.6) is 0 Å². The summed E-state index contributed by atoms with van der Waals surface area (Å²) >= 11 is 0. The molecule has 138 valence electrons. The molecule has 0 bridgehead atoms. The minimum absolute atomic E-state index is 0.200. The van der Waals surface area contributed by atoms with Crippen molar-refractivity contribution in [3.8, 4) is 11.1 Å². The molecule has 3 aromatic rings. The zero-order chi connectivity index (χ0) is 19.4. The first kappa shape index (κ1) is 19.0. The molecule has 0 aliphatic carbocycles. The van der Waals surface area contributed by atoms with Crippen molar-refractivity contribution in [3.63, 3.8) is 0 Å². The highest BCUT2D eigenvalue weighted by molar-refractivity contribution is 5.78. The van der Waals surface area contributed by atoms with Crippen LogP contribution in [0.1, 0.15) is 34.7 Å². The van der Waals surface area contributed by atoms with Crippen molar-refractivity contribution in [2.75, 3.05) is 0 Å². The first-order valence-corrected chi connectivity index (χ1v) is 8.93. The zero-order valence-corrected chi connectivity index (χ0v) is 15.3. The number of halogens is 3. The Bertz CT molecular complexity index is 951. The summed E-state index contributed by atoms with van der Waals surface area (Å²) in [6.07, 6.45) is -0.334. The van der Waals surface area contributed by atoms with Gasteiger partial charge in [0.25, 0.3) is 0 Å². The van der Waals surface area contributed by atoms with Crippen LogP contribution in [0.4, 0.5) is 13.2 Å². The lowest BCUT2D eigenvalue weighted by atomic mass is 9.95. The van der Waals surface area contributed by atoms with Crippen molar-refractivity contribution in [2.24, 2.45) is 0 Å². The van der Waals surface area contributed by atoms with Gasteiger partial charge in [0.2, 0.25) is 0 Å². The summed E-state index contributed by atoms with van der Waals surface area (Å²) < 4.78 is 40.0. The first-order chi connectivity index (χ1) is 12.9. The molecule has 3 rings (SSSR count). The lowest BCUT2D eigenvalue weighted by Gasteiger charge is -2.12. The molecule has 27 heavy (non-hydrogen) atoms. The smallest absolute Gasteiger partial charge is 0.166 e. The van der Waals surface area contributed by atoms with Gasteiger partial charge in [0.15, 0.2) is 0 Å². The van der Waals surface area contributed by atoms with Gasteiger partial charge in [-0.2, -0.15) is 13.2 Å². The molecule has 0 fully saturated rings. The second-order valence-electron chi connectivity index (χ2n) is 6.49. The molecule has 0 nitrogen and oxygen atoms in total. The van der Waals surface area contributed by atoms with E-state index in [0.29, 0.717) is 6.42 Å². The van der Waals surface area contributed by atoms with E-state index in [1.54, 1.807) is 24.3 Å². The quantitative estimate of drug-likeness (QED) is 0.422. The van der Waals surface area contributed by atoms with E-state index in [1.807, 2.05) is 62.4 Å². The molecule has 3 heteroatoms. The van der Waals surface area contributed by atoms with Gasteiger partial charge in [0.05, 0.1) is 5.56 Å². The first-order valence-electron chi connectivity index (χ1n) is 8.93. The minimum Gasteiger partial charge on any atom is -0.166 e. The molecule has 0 aromatic heterocycles. The van der Waals surface area contributed by atoms with Gasteiger partial charge in [0.1, 0.15) is 0 Å². The van der Waals surface area contributed by atoms with Crippen molar-refractivity contribution in [3.05, 3.63) is 94.5 Å². The van der Waals surface area contributed by atoms with E-state index >= 15 is 0 Å². The Morgan fingerprint density at radius 1 is 0.815 bits per heavy atom. The van der Waals surface area contributed by atoms with E-state index in [-0.39, 0.29) is 5.56 Å². The molecule has 0 heterocycles. The van der Waals surface area contributed by atoms with E-state index in [0.717, 1.165) is 27.8 Å². The molecule has 0 unspecified atom stereocenters. The van der Waals surface area contributed by atoms with Crippen LogP contribution in [-0.2, 0) is 12.6 Å². The summed E-state index contributed by atoms with van der Waals surface area (Å²) in [5.41, 5.74) is 4.61. The lowest BCUT2D eigenvalue weighted by Crippen LogP contribution is -2.07. The van der Waals surface area contributed by atoms with E-state index in [2.05, 4.69) is 0 Å². The number of rotatable bonds is 4. The summed E-state index contributed by atoms with van der Waals surface area (Å²) in [6.45, 7) is 3.93. The Morgan fingerprint density at radius 3 is 2.19 bits per heavy atom. The number of aryl methyl sites for hydroxylation is 1. The zero-order valence-electron chi connectivity index (χ0n) is 15.3. The molecule has 0 aliphatic heterocycles. The van der Waals surface area contributed by atoms with Crippen molar-refractivity contribution < 1.29 is 13.2 Å². The highest BCUT2D eigenvalue weighted by atomic mass is 19.4. The Hall–Kier alpha value is -2.81. The third kappa shape index (κ3) is 4.30. The van der Waals surface area contributed by atoms with Crippen LogP contribution in [0.3, 0.4) is 0 Å². The van der Waals surface area contributed by atoms with Crippen molar-refractivity contribution in [2.45, 2.75) is 26.4 Å². The van der Waals surface area contributed by atoms with Crippen molar-refractivity contribution >= 4 is 12.2 Å². The highest BCUT2D eigenvalue weighted by Gasteiger charge is 2.32. The van der Waals surface area contributed by atoms with E-state index < -0.39 is 11.7 Å². The van der Waals surface area contributed by atoms with Gasteiger partial charge in [0, 0.05) is 0 Å². The Labute approximate surface area is 158 Å². The molecule has 0 atom stereocenters. The molecular weight excluding hydrogens is 345 g/mol. The summed E-state index contributed by atoms with van der Waals surface area (Å²) in [5, 5.41) is 0. The highest BCUT2D eigenvalue weighted by Crippen LogP contribution is 2.34. The Kier molecular flexibility index (Phi) is 5.50. The maximum absolute atomic E-state index is 13.3. The molecule has 3 aromatic carbocycles. The maximum atomic E-state index is 13.3. The van der Waals surface area contributed by atoms with E-state index in [4.69, 9.17) is 0 Å². The van der Waals surface area contributed by atoms with Gasteiger partial charge >= 0.3 is 6.18 Å². The Balaban J connectivity index is 2.02. The monoisotopic (exact) mass is 366 g/mol. The van der Waals surface area contributed by atoms with Crippen LogP contribution in [0.15, 0.2) is 66.7 Å². The van der Waals surface area contributed by atoms with Gasteiger partial charge in [-0.3, -0.25) is 0 Å². The number of hydrogen-bond acceptors (Lipinski definition) is 0. The standard InChI is InChI=1S/C24H21F3/c1-3-18-12-15-23(24(25,26)27)21(16-18)14-13-19-10-7-11-22(17(19)2)20-8-5-4-6-9-20/h4-16H,3H2,1-2H3/b14-13+. The van der Waals surface area contributed by atoms with Gasteiger partial charge in [-0.1, -0.05) is 79.7 Å². The van der Waals surface area contributed by atoms with Crippen molar-refractivity contribution in [1.29, 1.82) is 0 Å². The average molecular weight is 366 g/mol. The van der Waals surface area contributed by atoms with E-state index in [9.17, 15) is 13.2 Å². The fourth-order valence-corrected chi connectivity index (χ4v) is 3.17. The fraction of sp³-hybridized carbons (Fsp3) is 0.167. The summed E-state index contributed by atoms with van der Waals surface area (Å²) in [6, 6.07) is 20.2. The molecule has 0 radical (unpaired) electrons. The van der Waals surface area contributed by atoms with Gasteiger partial charge in [-0.25, -0.2) is 0 Å². The van der Waals surface area contributed by atoms with Crippen LogP contribution in [-0.4, -0.2) is 0 Å². The van der Waals surface area contributed by atoms with Crippen LogP contribution in [0.25, 0.3) is 23.3 Å². The SMILES string of the molecule is CCc1ccc(C(F)(F)F)c(/C=C/c2cccc(-c3ccccc3)c2C)c1. The maximum Gasteiger partial charge on any atom is 0.416 e. The Morgan fingerprint density at radius 2 is 1.52 bits per heavy atom. The minimum atomic E-state index is -4.37. The molecule has 0 N–H and O–H groups in total. The number of hydrogen-bond donors (Lipinski definition) is 0. The normalized spacial score (nSPS) is 11.9. The number of alkyl halides is 3. The van der Waals surface area contributed by atoms with Crippen LogP contribution in [0, 0.1) is 6.92 Å². The topological polar surface area (TPSA) is 0 Å². The number of benzene rings is 3. The molecule has 0 saturated carbocycles. The largest absolute Gasteiger partial charge is 0.416 e. The fourth-order valence-electron chi connectivity index (χ4n) is 3.17. The summed E-state index contributed by atoms with van der Waals surface area (Å²) in [7, 11) is 0. The van der Waals surface area contributed by atoms with Crippen LogP contribution >= 0.6 is 0 Å². The average Bonchev–Trinajstić information content (AvgIpc) is 2.67. The molecule has 0 spiro atoms. The predicted molar refractivity (Wildman–Crippen MR) is 106 cm³/mol. The molecule has 0 saturated heterocycles. The van der Waals surface area contributed by atoms with E-state index in [1.165, 1.54) is 6.07 Å². The second kappa shape index (κ2) is 7.83. The van der Waals surface area contributed by atoms with Gasteiger partial charge < -0.3 is 0 Å². The third-order valence-electron chi connectivity index (χ3n) is 4.73. The van der Waals surface area contributed by atoms with Gasteiger partial charge in [-0.05, 0) is 52.8 Å². The molecule has 0 aliphatic rings.